The molecule has 1 heterocycles. The van der Waals surface area contributed by atoms with Crippen LogP contribution < -0.4 is 0 Å². The molecule has 1 aliphatic carbocycles. The molecule has 1 saturated carbocycles. The summed E-state index contributed by atoms with van der Waals surface area (Å²) in [6.07, 6.45) is 6.61. The van der Waals surface area contributed by atoms with E-state index in [1.54, 1.807) is 6.08 Å². The average molecular weight is 166 g/mol. The fourth-order valence-electron chi connectivity index (χ4n) is 1.93. The first-order chi connectivity index (χ1) is 5.90. The average Bonchev–Trinajstić information content (AvgIpc) is 2.88. The molecule has 2 aliphatic rings. The highest BCUT2D eigenvalue weighted by Crippen LogP contribution is 2.29. The van der Waals surface area contributed by atoms with Crippen molar-refractivity contribution in [3.8, 4) is 0 Å². The minimum atomic E-state index is 0.233. The van der Waals surface area contributed by atoms with Crippen LogP contribution in [0, 0.1) is 0 Å². The number of hydrogen-bond acceptors (Lipinski definition) is 3. The third kappa shape index (κ3) is 1.74. The van der Waals surface area contributed by atoms with Crippen LogP contribution in [0.2, 0.25) is 0 Å². The van der Waals surface area contributed by atoms with Crippen molar-refractivity contribution in [1.29, 1.82) is 0 Å². The van der Waals surface area contributed by atoms with Crippen LogP contribution in [-0.2, 0) is 4.79 Å². The normalized spacial score (nSPS) is 31.2. The Morgan fingerprint density at radius 1 is 1.33 bits per heavy atom. The lowest BCUT2D eigenvalue weighted by Crippen LogP contribution is -2.38. The molecular formula is C9H14N2O. The Labute approximate surface area is 72.5 Å². The summed E-state index contributed by atoms with van der Waals surface area (Å²) in [5, 5.41) is 0. The summed E-state index contributed by atoms with van der Waals surface area (Å²) in [7, 11) is 0. The second-order valence-electron chi connectivity index (χ2n) is 3.74. The highest BCUT2D eigenvalue weighted by molar-refractivity contribution is 5.33. The minimum Gasteiger partial charge on any atom is -0.298 e. The van der Waals surface area contributed by atoms with E-state index in [0.29, 0.717) is 0 Å². The number of carbonyl (C=O) groups excluding carboxylic acids is 1. The number of nitrogens with zero attached hydrogens (tertiary/aromatic N) is 2. The van der Waals surface area contributed by atoms with Gasteiger partial charge in [0.15, 0.2) is 0 Å². The SMILES string of the molecule is O=C=NC1CCCN(C2CC2)C1. The molecule has 12 heavy (non-hydrogen) atoms. The second kappa shape index (κ2) is 3.38. The van der Waals surface area contributed by atoms with Crippen LogP contribution in [0.3, 0.4) is 0 Å². The zero-order chi connectivity index (χ0) is 8.39. The molecule has 1 atom stereocenters. The van der Waals surface area contributed by atoms with Crippen molar-refractivity contribution in [2.24, 2.45) is 4.99 Å². The van der Waals surface area contributed by atoms with Crippen molar-refractivity contribution < 1.29 is 4.79 Å². The Morgan fingerprint density at radius 2 is 2.17 bits per heavy atom. The van der Waals surface area contributed by atoms with Gasteiger partial charge in [0.1, 0.15) is 0 Å². The maximum atomic E-state index is 10.1. The minimum absolute atomic E-state index is 0.233. The van der Waals surface area contributed by atoms with Crippen molar-refractivity contribution in [3.05, 3.63) is 0 Å². The van der Waals surface area contributed by atoms with Crippen molar-refractivity contribution >= 4 is 6.08 Å². The smallest absolute Gasteiger partial charge is 0.235 e. The van der Waals surface area contributed by atoms with Gasteiger partial charge in [-0.05, 0) is 32.2 Å². The second-order valence-corrected chi connectivity index (χ2v) is 3.74. The molecule has 1 saturated heterocycles. The first-order valence-corrected chi connectivity index (χ1v) is 4.71. The molecule has 0 amide bonds. The van der Waals surface area contributed by atoms with Crippen LogP contribution in [0.5, 0.6) is 0 Å². The van der Waals surface area contributed by atoms with Crippen molar-refractivity contribution in [3.63, 3.8) is 0 Å². The third-order valence-corrected chi connectivity index (χ3v) is 2.73. The number of aliphatic imine (C=N–C) groups is 1. The lowest BCUT2D eigenvalue weighted by atomic mass is 10.1. The maximum Gasteiger partial charge on any atom is 0.235 e. The molecule has 1 unspecified atom stereocenters. The zero-order valence-electron chi connectivity index (χ0n) is 7.20. The van der Waals surface area contributed by atoms with E-state index < -0.39 is 0 Å². The van der Waals surface area contributed by atoms with Gasteiger partial charge in [-0.2, -0.15) is 0 Å². The quantitative estimate of drug-likeness (QED) is 0.452. The van der Waals surface area contributed by atoms with E-state index in [2.05, 4.69) is 9.89 Å². The lowest BCUT2D eigenvalue weighted by molar-refractivity contribution is 0.201. The van der Waals surface area contributed by atoms with Gasteiger partial charge < -0.3 is 0 Å². The summed E-state index contributed by atoms with van der Waals surface area (Å²) in [6, 6.07) is 1.05. The monoisotopic (exact) mass is 166 g/mol. The van der Waals surface area contributed by atoms with E-state index in [1.165, 1.54) is 25.8 Å². The number of isocyanates is 1. The Morgan fingerprint density at radius 3 is 2.83 bits per heavy atom. The Bertz CT molecular complexity index is 207. The topological polar surface area (TPSA) is 32.7 Å². The largest absolute Gasteiger partial charge is 0.298 e. The molecule has 66 valence electrons. The molecule has 0 radical (unpaired) electrons. The molecule has 0 bridgehead atoms. The van der Waals surface area contributed by atoms with Gasteiger partial charge in [0.2, 0.25) is 6.08 Å². The van der Waals surface area contributed by atoms with E-state index in [4.69, 9.17) is 0 Å². The standard InChI is InChI=1S/C9H14N2O/c12-7-10-8-2-1-5-11(6-8)9-3-4-9/h8-9H,1-6H2. The summed E-state index contributed by atoms with van der Waals surface area (Å²) in [4.78, 5) is 16.3. The van der Waals surface area contributed by atoms with Crippen LogP contribution in [0.1, 0.15) is 25.7 Å². The van der Waals surface area contributed by atoms with Crippen molar-refractivity contribution in [1.82, 2.24) is 4.90 Å². The summed E-state index contributed by atoms with van der Waals surface area (Å²) in [5.74, 6) is 0. The molecule has 0 spiro atoms. The number of likely N-dealkylation sites (tertiary alicyclic amines) is 1. The van der Waals surface area contributed by atoms with Gasteiger partial charge in [-0.15, -0.1) is 0 Å². The fraction of sp³-hybridized carbons (Fsp3) is 0.889. The predicted octanol–water partition coefficient (Wildman–Crippen LogP) is 0.949. The van der Waals surface area contributed by atoms with Crippen LogP contribution in [0.4, 0.5) is 0 Å². The van der Waals surface area contributed by atoms with Crippen LogP contribution in [-0.4, -0.2) is 36.2 Å². The summed E-state index contributed by atoms with van der Waals surface area (Å²) in [5.41, 5.74) is 0. The molecule has 3 nitrogen and oxygen atoms in total. The Kier molecular flexibility index (Phi) is 2.24. The highest BCUT2D eigenvalue weighted by atomic mass is 16.1. The molecule has 0 aromatic heterocycles. The molecule has 1 aliphatic heterocycles. The van der Waals surface area contributed by atoms with Gasteiger partial charge in [-0.25, -0.2) is 9.79 Å². The van der Waals surface area contributed by atoms with E-state index in [-0.39, 0.29) is 6.04 Å². The van der Waals surface area contributed by atoms with E-state index in [0.717, 1.165) is 19.0 Å². The van der Waals surface area contributed by atoms with Crippen LogP contribution >= 0.6 is 0 Å². The molecule has 0 aromatic rings. The summed E-state index contributed by atoms with van der Waals surface area (Å²) < 4.78 is 0. The van der Waals surface area contributed by atoms with Crippen LogP contribution in [0.25, 0.3) is 0 Å². The summed E-state index contributed by atoms with van der Waals surface area (Å²) >= 11 is 0. The van der Waals surface area contributed by atoms with Gasteiger partial charge in [-0.3, -0.25) is 4.90 Å². The molecule has 0 N–H and O–H groups in total. The van der Waals surface area contributed by atoms with Gasteiger partial charge in [0, 0.05) is 12.6 Å². The molecule has 2 rings (SSSR count). The van der Waals surface area contributed by atoms with E-state index in [1.807, 2.05) is 0 Å². The number of piperidine rings is 1. The van der Waals surface area contributed by atoms with E-state index >= 15 is 0 Å². The molecule has 0 aromatic carbocycles. The number of hydrogen-bond donors (Lipinski definition) is 0. The van der Waals surface area contributed by atoms with Gasteiger partial charge in [-0.1, -0.05) is 0 Å². The van der Waals surface area contributed by atoms with Crippen molar-refractivity contribution in [2.45, 2.75) is 37.8 Å². The van der Waals surface area contributed by atoms with Gasteiger partial charge in [0.05, 0.1) is 6.04 Å². The number of rotatable bonds is 2. The summed E-state index contributed by atoms with van der Waals surface area (Å²) in [6.45, 7) is 2.19. The maximum absolute atomic E-state index is 10.1. The lowest BCUT2D eigenvalue weighted by Gasteiger charge is -2.29. The molecule has 2 fully saturated rings. The zero-order valence-corrected chi connectivity index (χ0v) is 7.20. The third-order valence-electron chi connectivity index (χ3n) is 2.73. The highest BCUT2D eigenvalue weighted by Gasteiger charge is 2.32. The Hall–Kier alpha value is -0.660. The molecule has 3 heteroatoms. The van der Waals surface area contributed by atoms with E-state index in [9.17, 15) is 4.79 Å². The van der Waals surface area contributed by atoms with Crippen LogP contribution in [0.15, 0.2) is 4.99 Å². The van der Waals surface area contributed by atoms with Gasteiger partial charge in [0.25, 0.3) is 0 Å². The predicted molar refractivity (Wildman–Crippen MR) is 45.7 cm³/mol. The first kappa shape index (κ1) is 7.96. The van der Waals surface area contributed by atoms with Crippen molar-refractivity contribution in [2.75, 3.05) is 13.1 Å². The Balaban J connectivity index is 1.88. The molecular weight excluding hydrogens is 152 g/mol. The fourth-order valence-corrected chi connectivity index (χ4v) is 1.93. The van der Waals surface area contributed by atoms with Gasteiger partial charge >= 0.3 is 0 Å². The first-order valence-electron chi connectivity index (χ1n) is 4.71.